The van der Waals surface area contributed by atoms with Gasteiger partial charge in [-0.2, -0.15) is 0 Å². The van der Waals surface area contributed by atoms with Gasteiger partial charge in [-0.1, -0.05) is 54.1 Å². The number of para-hydroxylation sites is 1. The van der Waals surface area contributed by atoms with Gasteiger partial charge < -0.3 is 15.1 Å². The molecule has 1 heterocycles. The highest BCUT2D eigenvalue weighted by Crippen LogP contribution is 2.20. The Labute approximate surface area is 177 Å². The van der Waals surface area contributed by atoms with Crippen molar-refractivity contribution in [1.82, 2.24) is 4.90 Å². The second kappa shape index (κ2) is 10.4. The average molecular weight is 415 g/mol. The molecule has 154 valence electrons. The Balaban J connectivity index is 1.40. The van der Waals surface area contributed by atoms with E-state index in [1.54, 1.807) is 31.3 Å². The van der Waals surface area contributed by atoms with Crippen LogP contribution in [0.2, 0.25) is 5.02 Å². The number of likely N-dealkylation sites (N-methyl/N-ethyl adjacent to an activating group) is 1. The summed E-state index contributed by atoms with van der Waals surface area (Å²) < 4.78 is 0. The number of likely N-dealkylation sites (tertiary alicyclic amines) is 1. The van der Waals surface area contributed by atoms with Crippen molar-refractivity contribution in [3.05, 3.63) is 65.2 Å². The van der Waals surface area contributed by atoms with Crippen molar-refractivity contribution in [2.24, 2.45) is 5.92 Å². The van der Waals surface area contributed by atoms with Crippen LogP contribution in [0.5, 0.6) is 0 Å². The minimum Gasteiger partial charge on any atom is -0.332 e. The zero-order valence-corrected chi connectivity index (χ0v) is 17.6. The monoisotopic (exact) mass is 414 g/mol. The molecular formula is C23H29ClN3O2+. The number of anilines is 1. The van der Waals surface area contributed by atoms with Gasteiger partial charge in [-0.05, 0) is 42.9 Å². The molecule has 2 N–H and O–H groups in total. The molecule has 1 aliphatic heterocycles. The van der Waals surface area contributed by atoms with Crippen molar-refractivity contribution < 1.29 is 14.5 Å². The molecule has 0 aromatic heterocycles. The highest BCUT2D eigenvalue weighted by molar-refractivity contribution is 6.33. The molecule has 29 heavy (non-hydrogen) atoms. The maximum absolute atomic E-state index is 12.5. The predicted octanol–water partition coefficient (Wildman–Crippen LogP) is 2.27. The lowest BCUT2D eigenvalue weighted by atomic mass is 9.90. The van der Waals surface area contributed by atoms with Crippen LogP contribution in [0.3, 0.4) is 0 Å². The first-order valence-corrected chi connectivity index (χ1v) is 10.5. The predicted molar refractivity (Wildman–Crippen MR) is 116 cm³/mol. The van der Waals surface area contributed by atoms with E-state index in [9.17, 15) is 9.59 Å². The Morgan fingerprint density at radius 3 is 2.41 bits per heavy atom. The van der Waals surface area contributed by atoms with E-state index in [-0.39, 0.29) is 18.4 Å². The van der Waals surface area contributed by atoms with Crippen molar-refractivity contribution in [2.45, 2.75) is 19.3 Å². The van der Waals surface area contributed by atoms with E-state index in [1.165, 1.54) is 15.4 Å². The van der Waals surface area contributed by atoms with Gasteiger partial charge in [0, 0.05) is 7.05 Å². The van der Waals surface area contributed by atoms with Gasteiger partial charge >= 0.3 is 0 Å². The van der Waals surface area contributed by atoms with Gasteiger partial charge in [0.05, 0.1) is 30.3 Å². The largest absolute Gasteiger partial charge is 0.332 e. The van der Waals surface area contributed by atoms with Gasteiger partial charge in [0.1, 0.15) is 0 Å². The number of piperidine rings is 1. The Hall–Kier alpha value is -2.37. The maximum atomic E-state index is 12.5. The number of carbonyl (C=O) groups excluding carboxylic acids is 2. The molecule has 0 radical (unpaired) electrons. The quantitative estimate of drug-likeness (QED) is 0.730. The first-order valence-electron chi connectivity index (χ1n) is 10.2. The Kier molecular flexibility index (Phi) is 7.67. The molecule has 2 aromatic carbocycles. The molecule has 5 nitrogen and oxygen atoms in total. The van der Waals surface area contributed by atoms with Crippen molar-refractivity contribution in [2.75, 3.05) is 38.5 Å². The highest BCUT2D eigenvalue weighted by Gasteiger charge is 2.25. The van der Waals surface area contributed by atoms with Crippen molar-refractivity contribution in [3.8, 4) is 0 Å². The molecule has 1 aliphatic rings. The molecular weight excluding hydrogens is 386 g/mol. The zero-order chi connectivity index (χ0) is 20.6. The van der Waals surface area contributed by atoms with Crippen LogP contribution in [0.25, 0.3) is 0 Å². The summed E-state index contributed by atoms with van der Waals surface area (Å²) in [6.07, 6.45) is 3.38. The molecule has 2 aromatic rings. The third-order valence-electron chi connectivity index (χ3n) is 5.54. The first-order chi connectivity index (χ1) is 14.0. The number of carbonyl (C=O) groups is 2. The fourth-order valence-electron chi connectivity index (χ4n) is 3.82. The lowest BCUT2D eigenvalue weighted by Crippen LogP contribution is -3.14. The van der Waals surface area contributed by atoms with Gasteiger partial charge in [0.15, 0.2) is 6.54 Å². The van der Waals surface area contributed by atoms with Crippen LogP contribution in [0.15, 0.2) is 54.6 Å². The molecule has 1 saturated heterocycles. The lowest BCUT2D eigenvalue weighted by molar-refractivity contribution is -0.898. The molecule has 0 atom stereocenters. The molecule has 0 bridgehead atoms. The van der Waals surface area contributed by atoms with Gasteiger partial charge in [-0.25, -0.2) is 0 Å². The van der Waals surface area contributed by atoms with Crippen molar-refractivity contribution in [3.63, 3.8) is 0 Å². The number of quaternary nitrogens is 1. The number of nitrogens with zero attached hydrogens (tertiary/aromatic N) is 1. The van der Waals surface area contributed by atoms with E-state index < -0.39 is 0 Å². The summed E-state index contributed by atoms with van der Waals surface area (Å²) in [5, 5.41) is 3.24. The number of benzene rings is 2. The van der Waals surface area contributed by atoms with Crippen LogP contribution in [0.1, 0.15) is 18.4 Å². The van der Waals surface area contributed by atoms with E-state index in [2.05, 4.69) is 29.6 Å². The van der Waals surface area contributed by atoms with E-state index in [1.807, 2.05) is 6.07 Å². The third-order valence-corrected chi connectivity index (χ3v) is 5.86. The highest BCUT2D eigenvalue weighted by atomic mass is 35.5. The van der Waals surface area contributed by atoms with Crippen LogP contribution in [0.4, 0.5) is 5.69 Å². The molecule has 1 fully saturated rings. The Morgan fingerprint density at radius 2 is 1.72 bits per heavy atom. The second-order valence-corrected chi connectivity index (χ2v) is 8.24. The minimum atomic E-state index is -0.245. The van der Waals surface area contributed by atoms with Gasteiger partial charge in [-0.15, -0.1) is 0 Å². The normalized spacial score (nSPS) is 18.8. The van der Waals surface area contributed by atoms with Crippen molar-refractivity contribution >= 4 is 29.1 Å². The number of hydrogen-bond acceptors (Lipinski definition) is 2. The standard InChI is InChI=1S/C23H28ClN3O2/c1-26(16-22(28)25-21-10-6-5-9-20(21)24)23(29)17-27-13-11-19(12-14-27)15-18-7-3-2-4-8-18/h2-10,19H,11-17H2,1H3,(H,25,28)/p+1. The van der Waals surface area contributed by atoms with E-state index in [4.69, 9.17) is 11.6 Å². The van der Waals surface area contributed by atoms with Crippen LogP contribution >= 0.6 is 11.6 Å². The number of nitrogens with one attached hydrogen (secondary N) is 2. The summed E-state index contributed by atoms with van der Waals surface area (Å²) in [4.78, 5) is 27.6. The molecule has 6 heteroatoms. The summed E-state index contributed by atoms with van der Waals surface area (Å²) in [7, 11) is 1.68. The maximum Gasteiger partial charge on any atom is 0.277 e. The SMILES string of the molecule is CN(CC(=O)Nc1ccccc1Cl)C(=O)C[NH+]1CCC(Cc2ccccc2)CC1. The van der Waals surface area contributed by atoms with Crippen LogP contribution in [-0.2, 0) is 16.0 Å². The fourth-order valence-corrected chi connectivity index (χ4v) is 4.00. The van der Waals surface area contributed by atoms with E-state index in [0.29, 0.717) is 23.2 Å². The van der Waals surface area contributed by atoms with Gasteiger partial charge in [0.25, 0.3) is 5.91 Å². The smallest absolute Gasteiger partial charge is 0.277 e. The summed E-state index contributed by atoms with van der Waals surface area (Å²) in [5.41, 5.74) is 1.95. The minimum absolute atomic E-state index is 0.00387. The van der Waals surface area contributed by atoms with Crippen LogP contribution < -0.4 is 10.2 Å². The number of hydrogen-bond donors (Lipinski definition) is 2. The molecule has 0 saturated carbocycles. The topological polar surface area (TPSA) is 53.9 Å². The first kappa shape index (κ1) is 21.3. The molecule has 3 rings (SSSR count). The van der Waals surface area contributed by atoms with Crippen LogP contribution in [0, 0.1) is 5.92 Å². The number of halogens is 1. The molecule has 0 unspecified atom stereocenters. The molecule has 0 aliphatic carbocycles. The zero-order valence-electron chi connectivity index (χ0n) is 16.9. The fraction of sp³-hybridized carbons (Fsp3) is 0.391. The number of amides is 2. The van der Waals surface area contributed by atoms with Crippen molar-refractivity contribution in [1.29, 1.82) is 0 Å². The molecule has 2 amide bonds. The second-order valence-electron chi connectivity index (χ2n) is 7.84. The van der Waals surface area contributed by atoms with Gasteiger partial charge in [0.2, 0.25) is 5.91 Å². The Morgan fingerprint density at radius 1 is 1.07 bits per heavy atom. The summed E-state index contributed by atoms with van der Waals surface area (Å²) in [5.74, 6) is 0.441. The molecule has 0 spiro atoms. The Bertz CT molecular complexity index is 820. The van der Waals surface area contributed by atoms with E-state index >= 15 is 0 Å². The summed E-state index contributed by atoms with van der Waals surface area (Å²) in [6, 6.07) is 17.7. The average Bonchev–Trinajstić information content (AvgIpc) is 2.72. The third kappa shape index (κ3) is 6.58. The number of rotatable bonds is 7. The summed E-state index contributed by atoms with van der Waals surface area (Å²) >= 11 is 6.06. The lowest BCUT2D eigenvalue weighted by Gasteiger charge is -2.30. The van der Waals surface area contributed by atoms with Gasteiger partial charge in [-0.3, -0.25) is 9.59 Å². The summed E-state index contributed by atoms with van der Waals surface area (Å²) in [6.45, 7) is 2.47. The van der Waals surface area contributed by atoms with Crippen LogP contribution in [-0.4, -0.2) is 49.9 Å². The van der Waals surface area contributed by atoms with E-state index in [0.717, 1.165) is 32.4 Å².